The maximum Gasteiger partial charge on any atom is 0.341 e. The lowest BCUT2D eigenvalue weighted by molar-refractivity contribution is -0.139. The number of carbonyl (C=O) groups is 2. The summed E-state index contributed by atoms with van der Waals surface area (Å²) >= 11 is 6.21. The van der Waals surface area contributed by atoms with Gasteiger partial charge >= 0.3 is 5.97 Å². The van der Waals surface area contributed by atoms with E-state index in [1.54, 1.807) is 55.5 Å². The molecule has 1 heterocycles. The number of nitrogens with one attached hydrogen (secondary N) is 1. The first kappa shape index (κ1) is 18.5. The summed E-state index contributed by atoms with van der Waals surface area (Å²) in [5.74, 6) is -0.720. The van der Waals surface area contributed by atoms with Gasteiger partial charge in [0.05, 0.1) is 5.02 Å². The number of carboxylic acids is 1. The van der Waals surface area contributed by atoms with Crippen LogP contribution < -0.4 is 10.1 Å². The Kier molecular flexibility index (Phi) is 5.42. The van der Waals surface area contributed by atoms with Gasteiger partial charge in [-0.25, -0.2) is 4.79 Å². The van der Waals surface area contributed by atoms with Crippen molar-refractivity contribution < 1.29 is 24.0 Å². The van der Waals surface area contributed by atoms with E-state index in [1.807, 2.05) is 0 Å². The Morgan fingerprint density at radius 1 is 1.19 bits per heavy atom. The highest BCUT2D eigenvalue weighted by molar-refractivity contribution is 6.33. The second-order valence-electron chi connectivity index (χ2n) is 5.60. The minimum atomic E-state index is -1.07. The highest BCUT2D eigenvalue weighted by Crippen LogP contribution is 2.31. The number of aromatic nitrogens is 1. The summed E-state index contributed by atoms with van der Waals surface area (Å²) in [6.45, 7) is 1.21. The minimum absolute atomic E-state index is 0.286. The molecule has 0 fully saturated rings. The highest BCUT2D eigenvalue weighted by atomic mass is 35.5. The number of halogens is 1. The second-order valence-corrected chi connectivity index (χ2v) is 6.01. The van der Waals surface area contributed by atoms with Crippen LogP contribution >= 0.6 is 11.6 Å². The smallest absolute Gasteiger partial charge is 0.341 e. The lowest BCUT2D eigenvalue weighted by atomic mass is 10.1. The number of aryl methyl sites for hydroxylation is 1. The molecule has 0 spiro atoms. The zero-order valence-electron chi connectivity index (χ0n) is 14.2. The Balaban J connectivity index is 1.80. The first-order valence-corrected chi connectivity index (χ1v) is 8.30. The zero-order chi connectivity index (χ0) is 19.4. The number of anilines is 1. The Morgan fingerprint density at radius 3 is 2.56 bits per heavy atom. The van der Waals surface area contributed by atoms with Gasteiger partial charge < -0.3 is 19.7 Å². The topological polar surface area (TPSA) is 102 Å². The van der Waals surface area contributed by atoms with Gasteiger partial charge in [-0.1, -0.05) is 35.0 Å². The first-order chi connectivity index (χ1) is 13.0. The average molecular weight is 387 g/mol. The molecule has 27 heavy (non-hydrogen) atoms. The molecule has 0 aliphatic heterocycles. The Labute approximate surface area is 159 Å². The molecule has 138 valence electrons. The summed E-state index contributed by atoms with van der Waals surface area (Å²) in [7, 11) is 0. The van der Waals surface area contributed by atoms with E-state index in [0.29, 0.717) is 33.5 Å². The van der Waals surface area contributed by atoms with E-state index in [9.17, 15) is 9.59 Å². The van der Waals surface area contributed by atoms with Gasteiger partial charge in [0.1, 0.15) is 22.8 Å². The van der Waals surface area contributed by atoms with Crippen molar-refractivity contribution >= 4 is 29.2 Å². The van der Waals surface area contributed by atoms with Crippen molar-refractivity contribution in [3.63, 3.8) is 0 Å². The van der Waals surface area contributed by atoms with E-state index >= 15 is 0 Å². The molecule has 0 aliphatic carbocycles. The number of aliphatic carboxylic acids is 1. The van der Waals surface area contributed by atoms with E-state index < -0.39 is 18.5 Å². The molecular weight excluding hydrogens is 372 g/mol. The molecule has 2 N–H and O–H groups in total. The molecule has 0 saturated carbocycles. The number of carbonyl (C=O) groups excluding carboxylic acids is 1. The number of hydrogen-bond donors (Lipinski definition) is 2. The standard InChI is InChI=1S/C19H15ClN2O5/c1-11-17(18(22-27-11)14-4-2-3-5-15(14)20)19(25)21-12-6-8-13(9-7-12)26-10-16(23)24/h2-9H,10H2,1H3,(H,21,25)(H,23,24). The molecule has 0 unspecified atom stereocenters. The number of benzene rings is 2. The fourth-order valence-electron chi connectivity index (χ4n) is 2.45. The minimum Gasteiger partial charge on any atom is -0.482 e. The molecule has 0 bridgehead atoms. The highest BCUT2D eigenvalue weighted by Gasteiger charge is 2.23. The SMILES string of the molecule is Cc1onc(-c2ccccc2Cl)c1C(=O)Nc1ccc(OCC(=O)O)cc1. The molecule has 1 amide bonds. The summed E-state index contributed by atoms with van der Waals surface area (Å²) in [6.07, 6.45) is 0. The van der Waals surface area contributed by atoms with Gasteiger partial charge in [-0.15, -0.1) is 0 Å². The molecule has 8 heteroatoms. The third-order valence-electron chi connectivity index (χ3n) is 3.69. The van der Waals surface area contributed by atoms with Crippen LogP contribution in [-0.4, -0.2) is 28.7 Å². The number of amides is 1. The molecule has 0 saturated heterocycles. The van der Waals surface area contributed by atoms with Crippen molar-refractivity contribution in [1.82, 2.24) is 5.16 Å². The van der Waals surface area contributed by atoms with Gasteiger partial charge in [0.15, 0.2) is 6.61 Å². The molecule has 0 aliphatic rings. The Hall–Kier alpha value is -3.32. The van der Waals surface area contributed by atoms with Crippen LogP contribution in [0.4, 0.5) is 5.69 Å². The maximum atomic E-state index is 12.7. The molecular formula is C19H15ClN2O5. The van der Waals surface area contributed by atoms with E-state index in [4.69, 9.17) is 26.0 Å². The fraction of sp³-hybridized carbons (Fsp3) is 0.105. The van der Waals surface area contributed by atoms with Crippen LogP contribution in [-0.2, 0) is 4.79 Å². The summed E-state index contributed by atoms with van der Waals surface area (Å²) in [5.41, 5.74) is 1.75. The monoisotopic (exact) mass is 386 g/mol. The zero-order valence-corrected chi connectivity index (χ0v) is 15.0. The molecule has 3 aromatic rings. The fourth-order valence-corrected chi connectivity index (χ4v) is 2.68. The number of nitrogens with zero attached hydrogens (tertiary/aromatic N) is 1. The largest absolute Gasteiger partial charge is 0.482 e. The second kappa shape index (κ2) is 7.92. The van der Waals surface area contributed by atoms with Gasteiger partial charge in [-0.05, 0) is 37.3 Å². The summed E-state index contributed by atoms with van der Waals surface area (Å²) in [4.78, 5) is 23.3. The summed E-state index contributed by atoms with van der Waals surface area (Å²) < 4.78 is 10.2. The number of rotatable bonds is 6. The van der Waals surface area contributed by atoms with Crippen molar-refractivity contribution in [3.05, 3.63) is 64.9 Å². The van der Waals surface area contributed by atoms with Crippen LogP contribution in [0, 0.1) is 6.92 Å². The van der Waals surface area contributed by atoms with Crippen molar-refractivity contribution in [2.24, 2.45) is 0 Å². The Bertz CT molecular complexity index is 982. The van der Waals surface area contributed by atoms with Crippen LogP contribution in [0.15, 0.2) is 53.1 Å². The predicted molar refractivity (Wildman–Crippen MR) is 99.2 cm³/mol. The number of ether oxygens (including phenoxy) is 1. The number of hydrogen-bond acceptors (Lipinski definition) is 5. The van der Waals surface area contributed by atoms with E-state index in [2.05, 4.69) is 10.5 Å². The van der Waals surface area contributed by atoms with Gasteiger partial charge in [-0.3, -0.25) is 4.79 Å². The summed E-state index contributed by atoms with van der Waals surface area (Å²) in [5, 5.41) is 15.8. The van der Waals surface area contributed by atoms with Gasteiger partial charge in [0, 0.05) is 11.3 Å². The third-order valence-corrected chi connectivity index (χ3v) is 4.02. The van der Waals surface area contributed by atoms with Crippen LogP contribution in [0.5, 0.6) is 5.75 Å². The Morgan fingerprint density at radius 2 is 1.89 bits per heavy atom. The molecule has 2 aromatic carbocycles. The normalized spacial score (nSPS) is 10.4. The average Bonchev–Trinajstić information content (AvgIpc) is 3.03. The van der Waals surface area contributed by atoms with Crippen LogP contribution in [0.3, 0.4) is 0 Å². The molecule has 0 atom stereocenters. The van der Waals surface area contributed by atoms with E-state index in [-0.39, 0.29) is 5.56 Å². The van der Waals surface area contributed by atoms with E-state index in [0.717, 1.165) is 0 Å². The van der Waals surface area contributed by atoms with Crippen molar-refractivity contribution in [1.29, 1.82) is 0 Å². The summed E-state index contributed by atoms with van der Waals surface area (Å²) in [6, 6.07) is 13.4. The molecule has 7 nitrogen and oxygen atoms in total. The van der Waals surface area contributed by atoms with Gasteiger partial charge in [-0.2, -0.15) is 0 Å². The van der Waals surface area contributed by atoms with Crippen LogP contribution in [0.2, 0.25) is 5.02 Å². The molecule has 3 rings (SSSR count). The van der Waals surface area contributed by atoms with Gasteiger partial charge in [0.25, 0.3) is 5.91 Å². The van der Waals surface area contributed by atoms with Crippen molar-refractivity contribution in [2.75, 3.05) is 11.9 Å². The lowest BCUT2D eigenvalue weighted by Gasteiger charge is -2.08. The van der Waals surface area contributed by atoms with Gasteiger partial charge in [0.2, 0.25) is 0 Å². The van der Waals surface area contributed by atoms with Crippen molar-refractivity contribution in [3.8, 4) is 17.0 Å². The number of carboxylic acid groups (broad SMARTS) is 1. The maximum absolute atomic E-state index is 12.7. The first-order valence-electron chi connectivity index (χ1n) is 7.93. The van der Waals surface area contributed by atoms with Crippen molar-refractivity contribution in [2.45, 2.75) is 6.92 Å². The molecule has 0 radical (unpaired) electrons. The van der Waals surface area contributed by atoms with E-state index in [1.165, 1.54) is 0 Å². The van der Waals surface area contributed by atoms with Crippen LogP contribution in [0.25, 0.3) is 11.3 Å². The molecule has 1 aromatic heterocycles. The predicted octanol–water partition coefficient (Wildman–Crippen LogP) is 4.02. The third kappa shape index (κ3) is 4.27. The lowest BCUT2D eigenvalue weighted by Crippen LogP contribution is -2.13. The van der Waals surface area contributed by atoms with Crippen LogP contribution in [0.1, 0.15) is 16.1 Å². The quantitative estimate of drug-likeness (QED) is 0.663.